The van der Waals surface area contributed by atoms with Crippen LogP contribution in [0.3, 0.4) is 0 Å². The normalized spacial score (nSPS) is 22.0. The number of aromatic hydroxyl groups is 1. The van der Waals surface area contributed by atoms with Crippen molar-refractivity contribution in [2.45, 2.75) is 25.7 Å². The smallest absolute Gasteiger partial charge is 0.308 e. The summed E-state index contributed by atoms with van der Waals surface area (Å²) in [4.78, 5) is 14.0. The van der Waals surface area contributed by atoms with Gasteiger partial charge in [-0.1, -0.05) is 49.4 Å². The molecule has 4 nitrogen and oxygen atoms in total. The molecule has 2 unspecified atom stereocenters. The maximum absolute atomic E-state index is 11.7. The number of nitrogens with zero attached hydrogens (tertiary/aromatic N) is 1. The van der Waals surface area contributed by atoms with Crippen molar-refractivity contribution in [3.63, 3.8) is 0 Å². The predicted octanol–water partition coefficient (Wildman–Crippen LogP) is 3.76. The summed E-state index contributed by atoms with van der Waals surface area (Å²) < 4.78 is 0. The largest absolute Gasteiger partial charge is 0.508 e. The molecule has 4 heteroatoms. The molecular weight excluding hydrogens is 326 g/mol. The van der Waals surface area contributed by atoms with E-state index in [9.17, 15) is 15.0 Å². The third-order valence-electron chi connectivity index (χ3n) is 5.44. The van der Waals surface area contributed by atoms with Gasteiger partial charge in [0, 0.05) is 13.1 Å². The highest BCUT2D eigenvalue weighted by Crippen LogP contribution is 2.34. The van der Waals surface area contributed by atoms with E-state index in [2.05, 4.69) is 17.9 Å². The molecule has 2 N–H and O–H groups in total. The molecule has 0 spiro atoms. The van der Waals surface area contributed by atoms with Gasteiger partial charge in [0.1, 0.15) is 5.75 Å². The Labute approximate surface area is 155 Å². The number of hydrogen-bond acceptors (Lipinski definition) is 3. The Morgan fingerprint density at radius 3 is 2.62 bits per heavy atom. The Hall–Kier alpha value is -2.33. The molecule has 1 fully saturated rings. The number of aliphatic carboxylic acids is 1. The Morgan fingerprint density at radius 2 is 1.96 bits per heavy atom. The monoisotopic (exact) mass is 353 g/mol. The number of phenolic OH excluding ortho intramolecular Hbond substituents is 1. The van der Waals surface area contributed by atoms with Gasteiger partial charge in [0.05, 0.1) is 5.92 Å². The minimum Gasteiger partial charge on any atom is -0.508 e. The van der Waals surface area contributed by atoms with Gasteiger partial charge in [-0.3, -0.25) is 4.79 Å². The van der Waals surface area contributed by atoms with Crippen LogP contribution in [0.1, 0.15) is 30.4 Å². The number of piperidine rings is 1. The first-order chi connectivity index (χ1) is 12.5. The SMILES string of the molecule is C[C@H]1CN(CC(Cc2ccccc2)C(=O)O)CCC1c1cccc(O)c1. The first-order valence-corrected chi connectivity index (χ1v) is 9.31. The van der Waals surface area contributed by atoms with Crippen LogP contribution in [0, 0.1) is 11.8 Å². The van der Waals surface area contributed by atoms with Crippen LogP contribution in [-0.2, 0) is 11.2 Å². The number of phenols is 1. The summed E-state index contributed by atoms with van der Waals surface area (Å²) in [6.45, 7) is 4.58. The third kappa shape index (κ3) is 4.64. The number of carboxylic acid groups (broad SMARTS) is 1. The molecule has 1 saturated heterocycles. The first kappa shape index (κ1) is 18.5. The zero-order valence-electron chi connectivity index (χ0n) is 15.2. The summed E-state index contributed by atoms with van der Waals surface area (Å²) in [5.41, 5.74) is 2.25. The minimum absolute atomic E-state index is 0.311. The Balaban J connectivity index is 1.61. The lowest BCUT2D eigenvalue weighted by Gasteiger charge is -2.38. The molecule has 1 aliphatic rings. The van der Waals surface area contributed by atoms with E-state index in [1.807, 2.05) is 42.5 Å². The summed E-state index contributed by atoms with van der Waals surface area (Å²) in [7, 11) is 0. The molecule has 1 heterocycles. The Kier molecular flexibility index (Phi) is 5.94. The molecule has 0 saturated carbocycles. The Morgan fingerprint density at radius 1 is 1.19 bits per heavy atom. The molecule has 2 aromatic rings. The van der Waals surface area contributed by atoms with Crippen LogP contribution >= 0.6 is 0 Å². The molecule has 0 amide bonds. The van der Waals surface area contributed by atoms with Gasteiger partial charge in [0.2, 0.25) is 0 Å². The average molecular weight is 353 g/mol. The Bertz CT molecular complexity index is 731. The predicted molar refractivity (Wildman–Crippen MR) is 102 cm³/mol. The van der Waals surface area contributed by atoms with Crippen LogP contribution in [0.4, 0.5) is 0 Å². The summed E-state index contributed by atoms with van der Waals surface area (Å²) >= 11 is 0. The molecule has 0 radical (unpaired) electrons. The van der Waals surface area contributed by atoms with Gasteiger partial charge in [0.25, 0.3) is 0 Å². The van der Waals surface area contributed by atoms with Crippen molar-refractivity contribution < 1.29 is 15.0 Å². The van der Waals surface area contributed by atoms with Crippen molar-refractivity contribution in [1.82, 2.24) is 4.90 Å². The third-order valence-corrected chi connectivity index (χ3v) is 5.44. The minimum atomic E-state index is -0.725. The van der Waals surface area contributed by atoms with E-state index in [0.29, 0.717) is 30.6 Å². The average Bonchev–Trinajstić information content (AvgIpc) is 2.62. The van der Waals surface area contributed by atoms with E-state index >= 15 is 0 Å². The number of carboxylic acids is 1. The molecule has 138 valence electrons. The number of carbonyl (C=O) groups is 1. The van der Waals surface area contributed by atoms with Gasteiger partial charge < -0.3 is 15.1 Å². The second-order valence-corrected chi connectivity index (χ2v) is 7.45. The number of benzene rings is 2. The van der Waals surface area contributed by atoms with E-state index < -0.39 is 5.97 Å². The molecule has 1 aliphatic heterocycles. The summed E-state index contributed by atoms with van der Waals surface area (Å²) in [5, 5.41) is 19.4. The van der Waals surface area contributed by atoms with Gasteiger partial charge >= 0.3 is 5.97 Å². The van der Waals surface area contributed by atoms with Crippen LogP contribution in [0.5, 0.6) is 5.75 Å². The second kappa shape index (κ2) is 8.37. The maximum Gasteiger partial charge on any atom is 0.308 e. The number of hydrogen-bond donors (Lipinski definition) is 2. The fraction of sp³-hybridized carbons (Fsp3) is 0.409. The van der Waals surface area contributed by atoms with Crippen molar-refractivity contribution in [2.24, 2.45) is 11.8 Å². The van der Waals surface area contributed by atoms with Crippen LogP contribution in [0.25, 0.3) is 0 Å². The van der Waals surface area contributed by atoms with Gasteiger partial charge in [-0.15, -0.1) is 0 Å². The van der Waals surface area contributed by atoms with E-state index in [4.69, 9.17) is 0 Å². The van der Waals surface area contributed by atoms with Crippen molar-refractivity contribution in [3.05, 3.63) is 65.7 Å². The number of likely N-dealkylation sites (tertiary alicyclic amines) is 1. The van der Waals surface area contributed by atoms with Gasteiger partial charge in [-0.25, -0.2) is 0 Å². The summed E-state index contributed by atoms with van der Waals surface area (Å²) in [6.07, 6.45) is 1.55. The van der Waals surface area contributed by atoms with Crippen molar-refractivity contribution in [2.75, 3.05) is 19.6 Å². The molecular formula is C22H27NO3. The summed E-state index contributed by atoms with van der Waals surface area (Å²) in [6, 6.07) is 17.4. The zero-order chi connectivity index (χ0) is 18.5. The van der Waals surface area contributed by atoms with Crippen molar-refractivity contribution in [3.8, 4) is 5.75 Å². The fourth-order valence-corrected chi connectivity index (χ4v) is 4.09. The topological polar surface area (TPSA) is 60.8 Å². The second-order valence-electron chi connectivity index (χ2n) is 7.45. The molecule has 0 aromatic heterocycles. The van der Waals surface area contributed by atoms with Crippen LogP contribution in [0.2, 0.25) is 0 Å². The molecule has 2 aromatic carbocycles. The van der Waals surface area contributed by atoms with Gasteiger partial charge in [-0.2, -0.15) is 0 Å². The lowest BCUT2D eigenvalue weighted by Crippen LogP contribution is -2.42. The van der Waals surface area contributed by atoms with Crippen LogP contribution in [0.15, 0.2) is 54.6 Å². The fourth-order valence-electron chi connectivity index (χ4n) is 4.09. The zero-order valence-corrected chi connectivity index (χ0v) is 15.2. The van der Waals surface area contributed by atoms with Crippen molar-refractivity contribution in [1.29, 1.82) is 0 Å². The van der Waals surface area contributed by atoms with Crippen LogP contribution < -0.4 is 0 Å². The van der Waals surface area contributed by atoms with E-state index in [1.165, 1.54) is 5.56 Å². The lowest BCUT2D eigenvalue weighted by atomic mass is 9.81. The highest BCUT2D eigenvalue weighted by molar-refractivity contribution is 5.70. The quantitative estimate of drug-likeness (QED) is 0.830. The van der Waals surface area contributed by atoms with E-state index in [-0.39, 0.29) is 5.92 Å². The highest BCUT2D eigenvalue weighted by atomic mass is 16.4. The summed E-state index contributed by atoms with van der Waals surface area (Å²) in [5.74, 6) is 0.0388. The van der Waals surface area contributed by atoms with Crippen LogP contribution in [-0.4, -0.2) is 40.7 Å². The van der Waals surface area contributed by atoms with Crippen molar-refractivity contribution >= 4 is 5.97 Å². The first-order valence-electron chi connectivity index (χ1n) is 9.31. The number of rotatable bonds is 6. The van der Waals surface area contributed by atoms with E-state index in [0.717, 1.165) is 25.1 Å². The molecule has 0 aliphatic carbocycles. The molecule has 26 heavy (non-hydrogen) atoms. The van der Waals surface area contributed by atoms with Gasteiger partial charge in [0.15, 0.2) is 0 Å². The lowest BCUT2D eigenvalue weighted by molar-refractivity contribution is -0.142. The molecule has 3 atom stereocenters. The standard InChI is InChI=1S/C22H27NO3/c1-16-14-23(11-10-21(16)18-8-5-9-20(24)13-18)15-19(22(25)26)12-17-6-3-2-4-7-17/h2-9,13,16,19,21,24H,10-12,14-15H2,1H3,(H,25,26)/t16-,19?,21?/m0/s1. The molecule has 0 bridgehead atoms. The molecule has 3 rings (SSSR count). The highest BCUT2D eigenvalue weighted by Gasteiger charge is 2.30. The van der Waals surface area contributed by atoms with E-state index in [1.54, 1.807) is 6.07 Å². The maximum atomic E-state index is 11.7. The van der Waals surface area contributed by atoms with Gasteiger partial charge in [-0.05, 0) is 54.5 Å².